The van der Waals surface area contributed by atoms with E-state index >= 15 is 0 Å². The highest BCUT2D eigenvalue weighted by Gasteiger charge is 2.19. The minimum absolute atomic E-state index is 0.435. The van der Waals surface area contributed by atoms with Crippen LogP contribution in [0.2, 0.25) is 0 Å². The Labute approximate surface area is 131 Å². The minimum atomic E-state index is 0.435. The molecule has 1 aliphatic rings. The summed E-state index contributed by atoms with van der Waals surface area (Å²) >= 11 is 2.03. The summed E-state index contributed by atoms with van der Waals surface area (Å²) in [6, 6.07) is 7.11. The Morgan fingerprint density at radius 3 is 3.00 bits per heavy atom. The topological polar surface area (TPSA) is 24.9 Å². The van der Waals surface area contributed by atoms with E-state index in [-0.39, 0.29) is 0 Å². The zero-order valence-corrected chi connectivity index (χ0v) is 13.6. The first-order chi connectivity index (χ1) is 10.4. The van der Waals surface area contributed by atoms with E-state index in [0.29, 0.717) is 6.04 Å². The largest absolute Gasteiger partial charge is 0.309 e. The molecular weight excluding hydrogens is 276 g/mol. The van der Waals surface area contributed by atoms with Gasteiger partial charge in [0.05, 0.1) is 0 Å². The third kappa shape index (κ3) is 3.72. The molecule has 0 aromatic carbocycles. The van der Waals surface area contributed by atoms with Gasteiger partial charge < -0.3 is 5.32 Å². The molecule has 21 heavy (non-hydrogen) atoms. The number of rotatable bonds is 6. The first-order valence-corrected chi connectivity index (χ1v) is 8.92. The molecule has 0 bridgehead atoms. The second-order valence-corrected chi connectivity index (χ2v) is 7.04. The number of hydrogen-bond donors (Lipinski definition) is 1. The zero-order valence-electron chi connectivity index (χ0n) is 12.8. The van der Waals surface area contributed by atoms with Gasteiger partial charge in [0.2, 0.25) is 0 Å². The fourth-order valence-corrected chi connectivity index (χ4v) is 4.36. The van der Waals surface area contributed by atoms with Crippen molar-refractivity contribution in [3.05, 3.63) is 51.5 Å². The first kappa shape index (κ1) is 14.7. The summed E-state index contributed by atoms with van der Waals surface area (Å²) in [5.41, 5.74) is 2.92. The molecule has 0 aliphatic heterocycles. The fourth-order valence-electron chi connectivity index (χ4n) is 3.03. The maximum Gasteiger partial charge on any atom is 0.0456 e. The quantitative estimate of drug-likeness (QED) is 0.860. The second kappa shape index (κ2) is 7.19. The summed E-state index contributed by atoms with van der Waals surface area (Å²) < 4.78 is 0. The Morgan fingerprint density at radius 1 is 1.33 bits per heavy atom. The predicted octanol–water partition coefficient (Wildman–Crippen LogP) is 4.31. The van der Waals surface area contributed by atoms with Crippen LogP contribution in [-0.4, -0.2) is 11.5 Å². The zero-order chi connectivity index (χ0) is 14.5. The van der Waals surface area contributed by atoms with Gasteiger partial charge in [0, 0.05) is 28.2 Å². The van der Waals surface area contributed by atoms with Crippen molar-refractivity contribution in [1.82, 2.24) is 10.3 Å². The molecule has 2 heterocycles. The highest BCUT2D eigenvalue weighted by Crippen LogP contribution is 2.34. The molecule has 1 unspecified atom stereocenters. The van der Waals surface area contributed by atoms with Gasteiger partial charge >= 0.3 is 0 Å². The Hall–Kier alpha value is -1.19. The van der Waals surface area contributed by atoms with E-state index in [9.17, 15) is 0 Å². The van der Waals surface area contributed by atoms with Crippen molar-refractivity contribution in [3.63, 3.8) is 0 Å². The van der Waals surface area contributed by atoms with Gasteiger partial charge in [-0.25, -0.2) is 0 Å². The van der Waals surface area contributed by atoms with Gasteiger partial charge in [-0.2, -0.15) is 0 Å². The predicted molar refractivity (Wildman–Crippen MR) is 89.9 cm³/mol. The number of pyridine rings is 1. The van der Waals surface area contributed by atoms with Crippen LogP contribution in [0.4, 0.5) is 0 Å². The van der Waals surface area contributed by atoms with Crippen LogP contribution in [0.3, 0.4) is 0 Å². The van der Waals surface area contributed by atoms with Crippen LogP contribution in [0, 0.1) is 0 Å². The van der Waals surface area contributed by atoms with E-state index < -0.39 is 0 Å². The lowest BCUT2D eigenvalue weighted by atomic mass is 9.98. The van der Waals surface area contributed by atoms with Crippen molar-refractivity contribution >= 4 is 11.3 Å². The van der Waals surface area contributed by atoms with E-state index in [1.165, 1.54) is 42.5 Å². The van der Waals surface area contributed by atoms with E-state index in [4.69, 9.17) is 0 Å². The fraction of sp³-hybridized carbons (Fsp3) is 0.500. The Kier molecular flexibility index (Phi) is 5.04. The van der Waals surface area contributed by atoms with Crippen LogP contribution in [-0.2, 0) is 19.3 Å². The summed E-state index contributed by atoms with van der Waals surface area (Å²) in [6.45, 7) is 3.31. The van der Waals surface area contributed by atoms with Gasteiger partial charge in [0.25, 0.3) is 0 Å². The highest BCUT2D eigenvalue weighted by atomic mass is 32.1. The van der Waals surface area contributed by atoms with E-state index in [1.54, 1.807) is 10.4 Å². The molecule has 0 amide bonds. The van der Waals surface area contributed by atoms with Crippen LogP contribution < -0.4 is 5.32 Å². The SMILES string of the molecule is CCCNC(Cc1cccnc1)c1cc2c(s1)CCCC2. The molecule has 0 saturated heterocycles. The van der Waals surface area contributed by atoms with Crippen molar-refractivity contribution < 1.29 is 0 Å². The average molecular weight is 300 g/mol. The van der Waals surface area contributed by atoms with Crippen molar-refractivity contribution in [1.29, 1.82) is 0 Å². The molecule has 0 spiro atoms. The van der Waals surface area contributed by atoms with Crippen LogP contribution in [0.25, 0.3) is 0 Å². The molecule has 3 heteroatoms. The Morgan fingerprint density at radius 2 is 2.24 bits per heavy atom. The Bertz CT molecular complexity index is 538. The first-order valence-electron chi connectivity index (χ1n) is 8.10. The number of thiophene rings is 1. The van der Waals surface area contributed by atoms with Crippen molar-refractivity contribution in [2.75, 3.05) is 6.54 Å². The number of fused-ring (bicyclic) bond motifs is 1. The third-order valence-corrected chi connectivity index (χ3v) is 5.51. The molecular formula is C18H24N2S. The van der Waals surface area contributed by atoms with E-state index in [1.807, 2.05) is 29.8 Å². The highest BCUT2D eigenvalue weighted by molar-refractivity contribution is 7.12. The summed E-state index contributed by atoms with van der Waals surface area (Å²) in [4.78, 5) is 7.40. The lowest BCUT2D eigenvalue weighted by Gasteiger charge is -2.17. The van der Waals surface area contributed by atoms with Crippen LogP contribution in [0.5, 0.6) is 0 Å². The monoisotopic (exact) mass is 300 g/mol. The number of hydrogen-bond acceptors (Lipinski definition) is 3. The Balaban J connectivity index is 1.79. The van der Waals surface area contributed by atoms with Gasteiger partial charge in [0.1, 0.15) is 0 Å². The molecule has 3 rings (SSSR count). The maximum absolute atomic E-state index is 4.25. The molecule has 1 N–H and O–H groups in total. The molecule has 1 atom stereocenters. The van der Waals surface area contributed by atoms with Gasteiger partial charge in [-0.1, -0.05) is 13.0 Å². The van der Waals surface area contributed by atoms with Gasteiger partial charge in [0.15, 0.2) is 0 Å². The number of nitrogens with one attached hydrogen (secondary N) is 1. The lowest BCUT2D eigenvalue weighted by Crippen LogP contribution is -2.23. The molecule has 0 saturated carbocycles. The standard InChI is InChI=1S/C18H24N2S/c1-2-9-20-16(11-14-6-5-10-19-13-14)18-12-15-7-3-4-8-17(15)21-18/h5-6,10,12-13,16,20H,2-4,7-9,11H2,1H3. The van der Waals surface area contributed by atoms with E-state index in [0.717, 1.165) is 13.0 Å². The van der Waals surface area contributed by atoms with Crippen molar-refractivity contribution in [3.8, 4) is 0 Å². The van der Waals surface area contributed by atoms with Crippen LogP contribution in [0.15, 0.2) is 30.6 Å². The minimum Gasteiger partial charge on any atom is -0.309 e. The number of aryl methyl sites for hydroxylation is 2. The summed E-state index contributed by atoms with van der Waals surface area (Å²) in [5, 5.41) is 3.73. The van der Waals surface area contributed by atoms with Crippen molar-refractivity contribution in [2.45, 2.75) is 51.5 Å². The summed E-state index contributed by atoms with van der Waals surface area (Å²) in [6.07, 6.45) is 11.3. The van der Waals surface area contributed by atoms with Gasteiger partial charge in [-0.05, 0) is 68.3 Å². The van der Waals surface area contributed by atoms with Crippen LogP contribution in [0.1, 0.15) is 53.1 Å². The summed E-state index contributed by atoms with van der Waals surface area (Å²) in [7, 11) is 0. The van der Waals surface area contributed by atoms with E-state index in [2.05, 4.69) is 29.4 Å². The van der Waals surface area contributed by atoms with Gasteiger partial charge in [-0.15, -0.1) is 11.3 Å². The second-order valence-electron chi connectivity index (χ2n) is 5.88. The molecule has 2 aromatic rings. The molecule has 2 nitrogen and oxygen atoms in total. The number of aromatic nitrogens is 1. The molecule has 0 radical (unpaired) electrons. The normalized spacial score (nSPS) is 15.7. The van der Waals surface area contributed by atoms with Crippen LogP contribution >= 0.6 is 11.3 Å². The third-order valence-electron chi connectivity index (χ3n) is 4.16. The lowest BCUT2D eigenvalue weighted by molar-refractivity contribution is 0.535. The maximum atomic E-state index is 4.25. The molecule has 0 fully saturated rings. The van der Waals surface area contributed by atoms with Gasteiger partial charge in [-0.3, -0.25) is 4.98 Å². The summed E-state index contributed by atoms with van der Waals surface area (Å²) in [5.74, 6) is 0. The number of nitrogens with zero attached hydrogens (tertiary/aromatic N) is 1. The smallest absolute Gasteiger partial charge is 0.0456 e. The molecule has 2 aromatic heterocycles. The molecule has 112 valence electrons. The van der Waals surface area contributed by atoms with Crippen molar-refractivity contribution in [2.24, 2.45) is 0 Å². The molecule has 1 aliphatic carbocycles. The average Bonchev–Trinajstić information content (AvgIpc) is 2.96.